The average molecular weight is 300 g/mol. The molecule has 0 saturated carbocycles. The number of rotatable bonds is 7. The second kappa shape index (κ2) is 7.58. The largest absolute Gasteiger partial charge is 0.389 e. The molecule has 4 heteroatoms. The molecule has 2 aromatic rings. The molecule has 2 N–H and O–H groups in total. The summed E-state index contributed by atoms with van der Waals surface area (Å²) in [5.41, 5.74) is 2.38. The second-order valence-corrected chi connectivity index (χ2v) is 5.93. The van der Waals surface area contributed by atoms with Crippen molar-refractivity contribution in [3.05, 3.63) is 59.9 Å². The lowest BCUT2D eigenvalue weighted by Gasteiger charge is -2.26. The molecule has 3 rings (SSSR count). The van der Waals surface area contributed by atoms with Crippen molar-refractivity contribution in [2.75, 3.05) is 19.7 Å². The highest BCUT2D eigenvalue weighted by Gasteiger charge is 2.28. The Bertz CT molecular complexity index is 541. The molecule has 2 atom stereocenters. The topological polar surface area (TPSA) is 48.5 Å². The molecule has 0 aliphatic carbocycles. The lowest BCUT2D eigenvalue weighted by Crippen LogP contribution is -2.34. The van der Waals surface area contributed by atoms with Gasteiger partial charge in [-0.1, -0.05) is 30.3 Å². The summed E-state index contributed by atoms with van der Waals surface area (Å²) in [6.07, 6.45) is 3.85. The van der Waals surface area contributed by atoms with Crippen LogP contribution in [0.25, 0.3) is 0 Å². The lowest BCUT2D eigenvalue weighted by molar-refractivity contribution is 0.00751. The third-order valence-corrected chi connectivity index (χ3v) is 4.21. The lowest BCUT2D eigenvalue weighted by atomic mass is 10.1. The Labute approximate surface area is 131 Å². The third-order valence-electron chi connectivity index (χ3n) is 4.21. The van der Waals surface area contributed by atoms with E-state index in [1.807, 2.05) is 42.6 Å². The molecule has 2 heterocycles. The number of H-pyrrole nitrogens is 1. The first kappa shape index (κ1) is 15.3. The number of β-amino-alcohol motifs (C(OH)–C–C–N with tert-alkyl or cyclic N) is 1. The van der Waals surface area contributed by atoms with Gasteiger partial charge in [0.2, 0.25) is 0 Å². The molecule has 1 fully saturated rings. The van der Waals surface area contributed by atoms with Crippen LogP contribution in [0.1, 0.15) is 30.1 Å². The van der Waals surface area contributed by atoms with Gasteiger partial charge in [0.05, 0.1) is 19.3 Å². The highest BCUT2D eigenvalue weighted by Crippen LogP contribution is 2.30. The molecule has 2 unspecified atom stereocenters. The molecule has 1 aliphatic rings. The first-order valence-corrected chi connectivity index (χ1v) is 8.00. The van der Waals surface area contributed by atoms with Crippen molar-refractivity contribution < 1.29 is 9.84 Å². The molecular formula is C18H24N2O2. The van der Waals surface area contributed by atoms with Gasteiger partial charge in [-0.15, -0.1) is 0 Å². The molecule has 0 amide bonds. The number of hydrogen-bond acceptors (Lipinski definition) is 3. The number of aliphatic hydroxyl groups excluding tert-OH is 1. The fourth-order valence-electron chi connectivity index (χ4n) is 3.16. The summed E-state index contributed by atoms with van der Waals surface area (Å²) >= 11 is 0. The van der Waals surface area contributed by atoms with E-state index in [1.165, 1.54) is 12.1 Å². The first-order chi connectivity index (χ1) is 10.8. The van der Waals surface area contributed by atoms with Gasteiger partial charge in [0.25, 0.3) is 0 Å². The van der Waals surface area contributed by atoms with E-state index in [1.54, 1.807) is 0 Å². The number of aliphatic hydroxyl groups is 1. The van der Waals surface area contributed by atoms with Crippen molar-refractivity contribution in [3.8, 4) is 0 Å². The minimum Gasteiger partial charge on any atom is -0.389 e. The van der Waals surface area contributed by atoms with E-state index >= 15 is 0 Å². The average Bonchev–Trinajstić information content (AvgIpc) is 3.19. The number of nitrogens with one attached hydrogen (secondary N) is 1. The predicted molar refractivity (Wildman–Crippen MR) is 86.4 cm³/mol. The highest BCUT2D eigenvalue weighted by molar-refractivity contribution is 5.13. The molecule has 1 aromatic heterocycles. The van der Waals surface area contributed by atoms with E-state index in [0.29, 0.717) is 25.8 Å². The summed E-state index contributed by atoms with van der Waals surface area (Å²) in [6, 6.07) is 14.6. The Hall–Kier alpha value is -1.62. The number of aromatic nitrogens is 1. The fourth-order valence-corrected chi connectivity index (χ4v) is 3.16. The SMILES string of the molecule is OC(COCc1ccccc1)CN1CCCC1c1ccc[nH]1. The molecule has 1 aromatic carbocycles. The second-order valence-electron chi connectivity index (χ2n) is 5.93. The van der Waals surface area contributed by atoms with Crippen LogP contribution in [0, 0.1) is 0 Å². The van der Waals surface area contributed by atoms with E-state index in [2.05, 4.69) is 16.0 Å². The fraction of sp³-hybridized carbons (Fsp3) is 0.444. The van der Waals surface area contributed by atoms with Crippen LogP contribution in [0.5, 0.6) is 0 Å². The number of likely N-dealkylation sites (tertiary alicyclic amines) is 1. The van der Waals surface area contributed by atoms with Gasteiger partial charge in [-0.2, -0.15) is 0 Å². The maximum absolute atomic E-state index is 10.2. The summed E-state index contributed by atoms with van der Waals surface area (Å²) in [6.45, 7) is 2.64. The van der Waals surface area contributed by atoms with Crippen LogP contribution in [-0.4, -0.2) is 40.8 Å². The monoisotopic (exact) mass is 300 g/mol. The number of ether oxygens (including phenoxy) is 1. The Kier molecular flexibility index (Phi) is 5.27. The van der Waals surface area contributed by atoms with Crippen LogP contribution >= 0.6 is 0 Å². The summed E-state index contributed by atoms with van der Waals surface area (Å²) in [5, 5.41) is 10.2. The predicted octanol–water partition coefficient (Wildman–Crippen LogP) is 2.73. The van der Waals surface area contributed by atoms with Gasteiger partial charge in [-0.05, 0) is 37.1 Å². The maximum Gasteiger partial charge on any atom is 0.0900 e. The number of nitrogens with zero attached hydrogens (tertiary/aromatic N) is 1. The Morgan fingerprint density at radius 3 is 2.86 bits per heavy atom. The zero-order chi connectivity index (χ0) is 15.2. The standard InChI is InChI=1S/C18H24N2O2/c21-16(14-22-13-15-6-2-1-3-7-15)12-20-11-5-9-18(20)17-8-4-10-19-17/h1-4,6-8,10,16,18-19,21H,5,9,11-14H2. The smallest absolute Gasteiger partial charge is 0.0900 e. The van der Waals surface area contributed by atoms with Gasteiger partial charge >= 0.3 is 0 Å². The molecule has 22 heavy (non-hydrogen) atoms. The molecule has 4 nitrogen and oxygen atoms in total. The molecule has 0 spiro atoms. The van der Waals surface area contributed by atoms with Gasteiger partial charge in [0.1, 0.15) is 0 Å². The molecule has 0 bridgehead atoms. The minimum atomic E-state index is -0.445. The number of hydrogen-bond donors (Lipinski definition) is 2. The van der Waals surface area contributed by atoms with E-state index in [0.717, 1.165) is 18.5 Å². The molecule has 118 valence electrons. The highest BCUT2D eigenvalue weighted by atomic mass is 16.5. The molecular weight excluding hydrogens is 276 g/mol. The van der Waals surface area contributed by atoms with Crippen molar-refractivity contribution in [1.29, 1.82) is 0 Å². The van der Waals surface area contributed by atoms with E-state index < -0.39 is 6.10 Å². The normalized spacial score (nSPS) is 20.3. The Morgan fingerprint density at radius 1 is 1.23 bits per heavy atom. The van der Waals surface area contributed by atoms with Gasteiger partial charge in [-0.25, -0.2) is 0 Å². The summed E-state index contributed by atoms with van der Waals surface area (Å²) in [5.74, 6) is 0. The number of aromatic amines is 1. The van der Waals surface area contributed by atoms with Crippen molar-refractivity contribution in [2.24, 2.45) is 0 Å². The molecule has 1 aliphatic heterocycles. The van der Waals surface area contributed by atoms with Crippen molar-refractivity contribution in [1.82, 2.24) is 9.88 Å². The van der Waals surface area contributed by atoms with Crippen LogP contribution in [0.15, 0.2) is 48.7 Å². The van der Waals surface area contributed by atoms with Crippen LogP contribution < -0.4 is 0 Å². The summed E-state index contributed by atoms with van der Waals surface area (Å²) < 4.78 is 5.63. The van der Waals surface area contributed by atoms with E-state index in [4.69, 9.17) is 4.74 Å². The van der Waals surface area contributed by atoms with Crippen molar-refractivity contribution in [2.45, 2.75) is 31.6 Å². The quantitative estimate of drug-likeness (QED) is 0.826. The van der Waals surface area contributed by atoms with Crippen molar-refractivity contribution >= 4 is 0 Å². The summed E-state index contributed by atoms with van der Waals surface area (Å²) in [4.78, 5) is 5.64. The van der Waals surface area contributed by atoms with Gasteiger partial charge in [0.15, 0.2) is 0 Å². The van der Waals surface area contributed by atoms with Crippen LogP contribution in [0.3, 0.4) is 0 Å². The third kappa shape index (κ3) is 3.97. The van der Waals surface area contributed by atoms with Crippen LogP contribution in [0.4, 0.5) is 0 Å². The van der Waals surface area contributed by atoms with E-state index in [9.17, 15) is 5.11 Å². The van der Waals surface area contributed by atoms with Crippen LogP contribution in [-0.2, 0) is 11.3 Å². The first-order valence-electron chi connectivity index (χ1n) is 8.00. The van der Waals surface area contributed by atoms with Gasteiger partial charge in [0, 0.05) is 24.5 Å². The Morgan fingerprint density at radius 2 is 2.09 bits per heavy atom. The minimum absolute atomic E-state index is 0.378. The number of benzene rings is 1. The van der Waals surface area contributed by atoms with Gasteiger partial charge in [-0.3, -0.25) is 4.90 Å². The summed E-state index contributed by atoms with van der Waals surface area (Å²) in [7, 11) is 0. The zero-order valence-electron chi connectivity index (χ0n) is 12.8. The molecule has 1 saturated heterocycles. The zero-order valence-corrected chi connectivity index (χ0v) is 12.8. The Balaban J connectivity index is 1.44. The van der Waals surface area contributed by atoms with Crippen molar-refractivity contribution in [3.63, 3.8) is 0 Å². The van der Waals surface area contributed by atoms with Gasteiger partial charge < -0.3 is 14.8 Å². The van der Waals surface area contributed by atoms with E-state index in [-0.39, 0.29) is 0 Å². The van der Waals surface area contributed by atoms with Crippen LogP contribution in [0.2, 0.25) is 0 Å². The maximum atomic E-state index is 10.2. The molecule has 0 radical (unpaired) electrons.